The first kappa shape index (κ1) is 25.5. The summed E-state index contributed by atoms with van der Waals surface area (Å²) in [5.74, 6) is -0.107. The number of aryl methyl sites for hydroxylation is 2. The third-order valence-electron chi connectivity index (χ3n) is 7.00. The van der Waals surface area contributed by atoms with E-state index in [2.05, 4.69) is 55.0 Å². The summed E-state index contributed by atoms with van der Waals surface area (Å²) in [7, 11) is 4.35. The third-order valence-corrected chi connectivity index (χ3v) is 8.12. The van der Waals surface area contributed by atoms with Crippen LogP contribution in [0.4, 0.5) is 5.00 Å². The van der Waals surface area contributed by atoms with Gasteiger partial charge in [0.25, 0.3) is 11.5 Å². The number of aromatic amines is 1. The molecule has 3 rings (SSSR count). The molecule has 7 heteroatoms. The van der Waals surface area contributed by atoms with Gasteiger partial charge in [-0.25, -0.2) is 0 Å². The number of H-pyrrole nitrogens is 1. The van der Waals surface area contributed by atoms with Gasteiger partial charge in [0.2, 0.25) is 0 Å². The maximum absolute atomic E-state index is 13.1. The molecule has 6 nitrogen and oxygen atoms in total. The zero-order valence-electron chi connectivity index (χ0n) is 21.1. The summed E-state index contributed by atoms with van der Waals surface area (Å²) in [6.07, 6.45) is 6.60. The van der Waals surface area contributed by atoms with Crippen molar-refractivity contribution in [1.29, 1.82) is 0 Å². The molecule has 0 radical (unpaired) electrons. The summed E-state index contributed by atoms with van der Waals surface area (Å²) < 4.78 is 0. The predicted octanol–water partition coefficient (Wildman–Crippen LogP) is 4.63. The maximum atomic E-state index is 13.1. The Morgan fingerprint density at radius 2 is 1.82 bits per heavy atom. The second kappa shape index (κ2) is 11.3. The molecular weight excluding hydrogens is 432 g/mol. The lowest BCUT2D eigenvalue weighted by Gasteiger charge is -2.39. The summed E-state index contributed by atoms with van der Waals surface area (Å²) in [6, 6.07) is 3.22. The lowest BCUT2D eigenvalue weighted by atomic mass is 9.89. The summed E-state index contributed by atoms with van der Waals surface area (Å²) in [6.45, 7) is 9.44. The number of nitrogens with zero attached hydrogens (tertiary/aromatic N) is 2. The molecule has 2 aromatic rings. The Balaban J connectivity index is 1.71. The second-order valence-electron chi connectivity index (χ2n) is 9.51. The van der Waals surface area contributed by atoms with E-state index in [1.54, 1.807) is 11.3 Å². The monoisotopic (exact) mass is 472 g/mol. The van der Waals surface area contributed by atoms with Crippen molar-refractivity contribution in [2.24, 2.45) is 0 Å². The third kappa shape index (κ3) is 5.87. The van der Waals surface area contributed by atoms with Crippen LogP contribution in [0.15, 0.2) is 16.2 Å². The van der Waals surface area contributed by atoms with Crippen molar-refractivity contribution in [1.82, 2.24) is 15.2 Å². The fourth-order valence-electron chi connectivity index (χ4n) is 5.10. The van der Waals surface area contributed by atoms with Crippen molar-refractivity contribution in [3.05, 3.63) is 49.7 Å². The van der Waals surface area contributed by atoms with Crippen LogP contribution in [0, 0.1) is 13.8 Å². The first-order chi connectivity index (χ1) is 15.8. The Labute approximate surface area is 202 Å². The number of hydrogen-bond acceptors (Lipinski definition) is 5. The van der Waals surface area contributed by atoms with E-state index in [1.165, 1.54) is 30.7 Å². The summed E-state index contributed by atoms with van der Waals surface area (Å²) in [4.78, 5) is 33.3. The van der Waals surface area contributed by atoms with Gasteiger partial charge in [-0.3, -0.25) is 9.59 Å². The van der Waals surface area contributed by atoms with Gasteiger partial charge in [0.1, 0.15) is 0 Å². The Bertz CT molecular complexity index is 1000. The molecule has 0 unspecified atom stereocenters. The fraction of sp³-hybridized carbons (Fsp3) is 0.615. The van der Waals surface area contributed by atoms with E-state index in [9.17, 15) is 9.59 Å². The van der Waals surface area contributed by atoms with Crippen LogP contribution in [-0.2, 0) is 13.0 Å². The highest BCUT2D eigenvalue weighted by Crippen LogP contribution is 2.36. The van der Waals surface area contributed by atoms with Crippen molar-refractivity contribution in [3.8, 4) is 0 Å². The maximum Gasteiger partial charge on any atom is 0.253 e. The van der Waals surface area contributed by atoms with Crippen molar-refractivity contribution < 1.29 is 4.79 Å². The molecule has 1 fully saturated rings. The molecule has 33 heavy (non-hydrogen) atoms. The van der Waals surface area contributed by atoms with E-state index in [0.717, 1.165) is 41.8 Å². The number of carbonyl (C=O) groups excluding carboxylic acids is 1. The highest BCUT2D eigenvalue weighted by Gasteiger charge is 2.28. The molecule has 0 aromatic carbocycles. The minimum atomic E-state index is -0.107. The van der Waals surface area contributed by atoms with Crippen molar-refractivity contribution in [3.63, 3.8) is 0 Å². The van der Waals surface area contributed by atoms with Gasteiger partial charge in [-0.1, -0.05) is 13.3 Å². The van der Waals surface area contributed by atoms with E-state index in [4.69, 9.17) is 0 Å². The van der Waals surface area contributed by atoms with Crippen molar-refractivity contribution >= 4 is 22.2 Å². The molecule has 182 valence electrons. The van der Waals surface area contributed by atoms with E-state index in [-0.39, 0.29) is 18.0 Å². The summed E-state index contributed by atoms with van der Waals surface area (Å²) in [5, 5.41) is 6.18. The van der Waals surface area contributed by atoms with Gasteiger partial charge in [-0.15, -0.1) is 11.3 Å². The topological polar surface area (TPSA) is 68.4 Å². The Kier molecular flexibility index (Phi) is 8.76. The van der Waals surface area contributed by atoms with Crippen molar-refractivity contribution in [2.45, 2.75) is 84.8 Å². The van der Waals surface area contributed by atoms with Crippen LogP contribution in [0.25, 0.3) is 0 Å². The predicted molar refractivity (Wildman–Crippen MR) is 139 cm³/mol. The Hall–Kier alpha value is -2.12. The van der Waals surface area contributed by atoms with Gasteiger partial charge in [0, 0.05) is 41.8 Å². The van der Waals surface area contributed by atoms with Gasteiger partial charge < -0.3 is 20.1 Å². The van der Waals surface area contributed by atoms with E-state index in [0.29, 0.717) is 17.6 Å². The minimum absolute atomic E-state index is 0.105. The second-order valence-corrected chi connectivity index (χ2v) is 10.4. The summed E-state index contributed by atoms with van der Waals surface area (Å²) in [5.41, 5.74) is 4.20. The van der Waals surface area contributed by atoms with Crippen LogP contribution in [-0.4, -0.2) is 48.5 Å². The molecule has 0 aliphatic heterocycles. The van der Waals surface area contributed by atoms with Crippen LogP contribution in [0.3, 0.4) is 0 Å². The van der Waals surface area contributed by atoms with E-state index < -0.39 is 0 Å². The molecular formula is C26H40N4O2S. The zero-order valence-corrected chi connectivity index (χ0v) is 21.9. The number of anilines is 1. The number of amides is 1. The number of nitrogens with one attached hydrogen (secondary N) is 2. The first-order valence-corrected chi connectivity index (χ1v) is 13.2. The highest BCUT2D eigenvalue weighted by atomic mass is 32.1. The van der Waals surface area contributed by atoms with Crippen LogP contribution in [0.2, 0.25) is 0 Å². The zero-order chi connectivity index (χ0) is 24.1. The number of carbonyl (C=O) groups is 1. The number of thiophene rings is 1. The first-order valence-electron chi connectivity index (χ1n) is 12.3. The van der Waals surface area contributed by atoms with Crippen LogP contribution >= 0.6 is 11.3 Å². The summed E-state index contributed by atoms with van der Waals surface area (Å²) >= 11 is 1.66. The lowest BCUT2D eigenvalue weighted by molar-refractivity contribution is 0.0950. The normalized spacial score (nSPS) is 18.5. The highest BCUT2D eigenvalue weighted by molar-refractivity contribution is 7.14. The average molecular weight is 473 g/mol. The Morgan fingerprint density at radius 1 is 1.15 bits per heavy atom. The standard InChI is InChI=1S/C26H40N4O2S/c1-7-9-19-14-17(3)28-25(32)22(19)15-27-24(31)23-16-33-26(18(23)4)30(8-2)21-12-10-20(11-13-21)29(5)6/h14,16,20-21H,7-13,15H2,1-6H3,(H,27,31)(H,28,32). The number of pyridine rings is 1. The molecule has 1 amide bonds. The van der Waals surface area contributed by atoms with Gasteiger partial charge in [0.05, 0.1) is 10.6 Å². The van der Waals surface area contributed by atoms with Gasteiger partial charge in [0.15, 0.2) is 0 Å². The van der Waals surface area contributed by atoms with E-state index in [1.807, 2.05) is 18.4 Å². The van der Waals surface area contributed by atoms with Crippen LogP contribution in [0.1, 0.15) is 78.7 Å². The molecule has 0 saturated heterocycles. The van der Waals surface area contributed by atoms with Gasteiger partial charge in [-0.05, 0) is 84.2 Å². The largest absolute Gasteiger partial charge is 0.361 e. The minimum Gasteiger partial charge on any atom is -0.361 e. The molecule has 0 spiro atoms. The molecule has 1 aliphatic rings. The lowest BCUT2D eigenvalue weighted by Crippen LogP contribution is -2.42. The Morgan fingerprint density at radius 3 is 2.42 bits per heavy atom. The van der Waals surface area contributed by atoms with Crippen LogP contribution < -0.4 is 15.8 Å². The molecule has 0 bridgehead atoms. The number of hydrogen-bond donors (Lipinski definition) is 2. The number of rotatable bonds is 9. The van der Waals surface area contributed by atoms with Crippen molar-refractivity contribution in [2.75, 3.05) is 25.5 Å². The molecule has 1 saturated carbocycles. The molecule has 0 atom stereocenters. The molecule has 2 aromatic heterocycles. The molecule has 1 aliphatic carbocycles. The van der Waals surface area contributed by atoms with Gasteiger partial charge >= 0.3 is 0 Å². The quantitative estimate of drug-likeness (QED) is 0.558. The number of aromatic nitrogens is 1. The molecule has 2 N–H and O–H groups in total. The van der Waals surface area contributed by atoms with Crippen LogP contribution in [0.5, 0.6) is 0 Å². The average Bonchev–Trinajstić information content (AvgIpc) is 3.15. The SMILES string of the molecule is CCCc1cc(C)[nH]c(=O)c1CNC(=O)c1csc(N(CC)C2CCC(N(C)C)CC2)c1C. The molecule has 2 heterocycles. The fourth-order valence-corrected chi connectivity index (χ4v) is 6.32. The van der Waals surface area contributed by atoms with E-state index >= 15 is 0 Å². The van der Waals surface area contributed by atoms with Gasteiger partial charge in [-0.2, -0.15) is 0 Å². The smallest absolute Gasteiger partial charge is 0.253 e.